The Morgan fingerprint density at radius 2 is 2.00 bits per heavy atom. The van der Waals surface area contributed by atoms with Gasteiger partial charge in [0.05, 0.1) is 11.3 Å². The van der Waals surface area contributed by atoms with Gasteiger partial charge < -0.3 is 15.4 Å². The average Bonchev–Trinajstić information content (AvgIpc) is 2.66. The molecule has 0 unspecified atom stereocenters. The Hall–Kier alpha value is -2.80. The van der Waals surface area contributed by atoms with Crippen LogP contribution in [0.2, 0.25) is 0 Å². The molecule has 140 valence electrons. The van der Waals surface area contributed by atoms with Crippen molar-refractivity contribution < 1.29 is 9.90 Å². The molecule has 0 saturated heterocycles. The van der Waals surface area contributed by atoms with E-state index in [4.69, 9.17) is 0 Å². The maximum Gasteiger partial charge on any atom is 0.258 e. The van der Waals surface area contributed by atoms with Gasteiger partial charge in [0.1, 0.15) is 0 Å². The number of benzene rings is 2. The van der Waals surface area contributed by atoms with Gasteiger partial charge in [-0.25, -0.2) is 0 Å². The van der Waals surface area contributed by atoms with Crippen molar-refractivity contribution >= 4 is 34.1 Å². The number of thioether (sulfide) groups is 1. The molecule has 0 aliphatic carbocycles. The monoisotopic (exact) mass is 383 g/mol. The molecule has 1 heterocycles. The number of fused-ring (bicyclic) bond motifs is 1. The first-order valence-corrected chi connectivity index (χ1v) is 9.71. The number of aromatic hydroxyl groups is 1. The van der Waals surface area contributed by atoms with Gasteiger partial charge in [0.2, 0.25) is 11.8 Å². The molecule has 3 aromatic rings. The topological polar surface area (TPSA) is 95.1 Å². The summed E-state index contributed by atoms with van der Waals surface area (Å²) in [6.07, 6.45) is 0.720. The molecule has 7 heteroatoms. The quantitative estimate of drug-likeness (QED) is 0.444. The van der Waals surface area contributed by atoms with Crippen molar-refractivity contribution in [3.05, 3.63) is 58.4 Å². The number of hydrogen-bond donors (Lipinski definition) is 3. The van der Waals surface area contributed by atoms with Crippen LogP contribution < -0.4 is 10.9 Å². The van der Waals surface area contributed by atoms with Gasteiger partial charge in [0.15, 0.2) is 5.16 Å². The molecule has 0 saturated carbocycles. The van der Waals surface area contributed by atoms with Crippen LogP contribution in [0.15, 0.2) is 52.4 Å². The molecule has 0 fully saturated rings. The van der Waals surface area contributed by atoms with Gasteiger partial charge >= 0.3 is 0 Å². The minimum absolute atomic E-state index is 0.0638. The number of H-pyrrole nitrogens is 1. The van der Waals surface area contributed by atoms with E-state index in [1.54, 1.807) is 0 Å². The fourth-order valence-corrected chi connectivity index (χ4v) is 3.48. The van der Waals surface area contributed by atoms with Gasteiger partial charge in [-0.2, -0.15) is 4.98 Å². The lowest BCUT2D eigenvalue weighted by Crippen LogP contribution is -2.18. The second kappa shape index (κ2) is 8.26. The van der Waals surface area contributed by atoms with Gasteiger partial charge in [0, 0.05) is 11.1 Å². The van der Waals surface area contributed by atoms with Gasteiger partial charge in [-0.3, -0.25) is 9.59 Å². The predicted octanol–water partition coefficient (Wildman–Crippen LogP) is 3.87. The molecule has 27 heavy (non-hydrogen) atoms. The third-order valence-corrected chi connectivity index (χ3v) is 5.30. The van der Waals surface area contributed by atoms with Crippen molar-refractivity contribution in [3.63, 3.8) is 0 Å². The summed E-state index contributed by atoms with van der Waals surface area (Å²) in [7, 11) is 0. The predicted molar refractivity (Wildman–Crippen MR) is 109 cm³/mol. The van der Waals surface area contributed by atoms with E-state index in [1.807, 2.05) is 56.3 Å². The molecule has 0 radical (unpaired) electrons. The van der Waals surface area contributed by atoms with Crippen molar-refractivity contribution in [2.24, 2.45) is 0 Å². The zero-order chi connectivity index (χ0) is 19.4. The number of nitrogens with one attached hydrogen (secondary N) is 2. The highest BCUT2D eigenvalue weighted by Crippen LogP contribution is 2.25. The second-order valence-corrected chi connectivity index (χ2v) is 7.25. The van der Waals surface area contributed by atoms with Crippen LogP contribution >= 0.6 is 11.8 Å². The molecule has 0 spiro atoms. The second-order valence-electron chi connectivity index (χ2n) is 6.28. The first-order valence-electron chi connectivity index (χ1n) is 8.73. The number of aromatic nitrogens is 2. The Balaban J connectivity index is 1.70. The fraction of sp³-hybridized carbons (Fsp3) is 0.250. The van der Waals surface area contributed by atoms with Crippen molar-refractivity contribution in [2.45, 2.75) is 31.3 Å². The molecular weight excluding hydrogens is 362 g/mol. The van der Waals surface area contributed by atoms with Crippen molar-refractivity contribution in [2.75, 3.05) is 11.1 Å². The smallest absolute Gasteiger partial charge is 0.258 e. The lowest BCUT2D eigenvalue weighted by atomic mass is 10.0. The Kier molecular flexibility index (Phi) is 5.81. The van der Waals surface area contributed by atoms with E-state index in [0.29, 0.717) is 0 Å². The van der Waals surface area contributed by atoms with Gasteiger partial charge in [-0.1, -0.05) is 62.0 Å². The maximum absolute atomic E-state index is 12.3. The zero-order valence-corrected chi connectivity index (χ0v) is 16.0. The highest BCUT2D eigenvalue weighted by Gasteiger charge is 2.17. The number of nitrogens with zero attached hydrogens (tertiary/aromatic N) is 1. The standard InChI is InChI=1S/C20H21N3O3S/c1-3-12(2)17-18(25)22-20(23-19(17)26)27-11-16(24)21-15-10-6-8-13-7-4-5-9-14(13)15/h4-10,12H,3,11H2,1-2H3,(H,21,24)(H2,22,23,25,26)/t12-/m0/s1. The highest BCUT2D eigenvalue weighted by molar-refractivity contribution is 7.99. The normalized spacial score (nSPS) is 12.1. The first kappa shape index (κ1) is 19.0. The van der Waals surface area contributed by atoms with Crippen molar-refractivity contribution in [1.29, 1.82) is 0 Å². The summed E-state index contributed by atoms with van der Waals surface area (Å²) in [6.45, 7) is 3.79. The molecule has 2 aromatic carbocycles. The largest absolute Gasteiger partial charge is 0.493 e. The third-order valence-electron chi connectivity index (χ3n) is 4.42. The number of rotatable bonds is 6. The Bertz CT molecular complexity index is 1030. The molecule has 6 nitrogen and oxygen atoms in total. The lowest BCUT2D eigenvalue weighted by molar-refractivity contribution is -0.113. The summed E-state index contributed by atoms with van der Waals surface area (Å²) >= 11 is 1.07. The Morgan fingerprint density at radius 3 is 2.74 bits per heavy atom. The van der Waals surface area contributed by atoms with E-state index in [0.717, 1.165) is 34.6 Å². The van der Waals surface area contributed by atoms with E-state index < -0.39 is 0 Å². The van der Waals surface area contributed by atoms with E-state index in [-0.39, 0.29) is 39.7 Å². The Morgan fingerprint density at radius 1 is 1.26 bits per heavy atom. The van der Waals surface area contributed by atoms with Crippen molar-refractivity contribution in [1.82, 2.24) is 9.97 Å². The molecule has 0 aliphatic heterocycles. The maximum atomic E-state index is 12.3. The summed E-state index contributed by atoms with van der Waals surface area (Å²) in [5.74, 6) is -0.515. The number of amides is 1. The fourth-order valence-electron chi connectivity index (χ4n) is 2.82. The summed E-state index contributed by atoms with van der Waals surface area (Å²) in [6, 6.07) is 13.5. The van der Waals surface area contributed by atoms with Crippen LogP contribution in [0.3, 0.4) is 0 Å². The van der Waals surface area contributed by atoms with Gasteiger partial charge in [-0.05, 0) is 23.8 Å². The number of carbonyl (C=O) groups is 1. The van der Waals surface area contributed by atoms with Crippen LogP contribution in [0.5, 0.6) is 5.88 Å². The van der Waals surface area contributed by atoms with E-state index in [2.05, 4.69) is 15.3 Å². The van der Waals surface area contributed by atoms with Crippen molar-refractivity contribution in [3.8, 4) is 5.88 Å². The van der Waals surface area contributed by atoms with Crippen LogP contribution in [-0.4, -0.2) is 26.7 Å². The number of anilines is 1. The minimum Gasteiger partial charge on any atom is -0.493 e. The summed E-state index contributed by atoms with van der Waals surface area (Å²) in [5.41, 5.74) is 0.644. The van der Waals surface area contributed by atoms with Crippen LogP contribution in [0.25, 0.3) is 10.8 Å². The molecule has 1 atom stereocenters. The average molecular weight is 383 g/mol. The molecule has 3 rings (SSSR count). The number of aromatic amines is 1. The lowest BCUT2D eigenvalue weighted by Gasteiger charge is -2.11. The summed E-state index contributed by atoms with van der Waals surface area (Å²) < 4.78 is 0. The minimum atomic E-state index is -0.367. The van der Waals surface area contributed by atoms with Crippen LogP contribution in [0.1, 0.15) is 31.7 Å². The highest BCUT2D eigenvalue weighted by atomic mass is 32.2. The SMILES string of the molecule is CC[C@H](C)c1c(O)nc(SCC(=O)Nc2cccc3ccccc23)[nH]c1=O. The van der Waals surface area contributed by atoms with Crippen LogP contribution in [-0.2, 0) is 4.79 Å². The third kappa shape index (κ3) is 4.31. The Labute approximate surface area is 161 Å². The molecule has 1 amide bonds. The van der Waals surface area contributed by atoms with Crippen LogP contribution in [0, 0.1) is 0 Å². The van der Waals surface area contributed by atoms with Gasteiger partial charge in [-0.15, -0.1) is 0 Å². The van der Waals surface area contributed by atoms with Gasteiger partial charge in [0.25, 0.3) is 5.56 Å². The summed E-state index contributed by atoms with van der Waals surface area (Å²) in [5, 5.41) is 15.1. The van der Waals surface area contributed by atoms with Crippen LogP contribution in [0.4, 0.5) is 5.69 Å². The summed E-state index contributed by atoms with van der Waals surface area (Å²) in [4.78, 5) is 31.1. The molecule has 3 N–H and O–H groups in total. The number of carbonyl (C=O) groups excluding carboxylic acids is 1. The zero-order valence-electron chi connectivity index (χ0n) is 15.2. The van der Waals surface area contributed by atoms with E-state index in [9.17, 15) is 14.7 Å². The van der Waals surface area contributed by atoms with E-state index in [1.165, 1.54) is 0 Å². The first-order chi connectivity index (χ1) is 13.0. The molecule has 0 aliphatic rings. The number of hydrogen-bond acceptors (Lipinski definition) is 5. The molecular formula is C20H21N3O3S. The molecule has 1 aromatic heterocycles. The molecule has 0 bridgehead atoms. The van der Waals surface area contributed by atoms with E-state index >= 15 is 0 Å².